The number of amides is 1. The van der Waals surface area contributed by atoms with E-state index < -0.39 is 0 Å². The second-order valence-corrected chi connectivity index (χ2v) is 7.37. The number of tetrazole rings is 1. The lowest BCUT2D eigenvalue weighted by Gasteiger charge is -2.21. The highest BCUT2D eigenvalue weighted by atomic mass is 32.1. The first-order chi connectivity index (χ1) is 12.7. The van der Waals surface area contributed by atoms with Crippen LogP contribution in [-0.4, -0.2) is 31.1 Å². The minimum Gasteiger partial charge on any atom is -0.304 e. The molecule has 0 atom stereocenters. The van der Waals surface area contributed by atoms with E-state index in [0.717, 1.165) is 16.3 Å². The van der Waals surface area contributed by atoms with Crippen molar-refractivity contribution < 1.29 is 4.79 Å². The standard InChI is InChI=1S/C18H18N6OS/c1-3-17(25)23(11-16-10-19-18(26-16)13-7-8-13)14-5-4-6-15(9-14)24-12(2)20-21-22-24/h3-6,9-10,13H,1,7-8,11H2,2H3. The number of aromatic nitrogens is 5. The molecule has 0 radical (unpaired) electrons. The summed E-state index contributed by atoms with van der Waals surface area (Å²) in [5.74, 6) is 1.14. The molecule has 8 heteroatoms. The van der Waals surface area contributed by atoms with Crippen molar-refractivity contribution in [1.29, 1.82) is 0 Å². The summed E-state index contributed by atoms with van der Waals surface area (Å²) in [6.07, 6.45) is 5.64. The normalized spacial score (nSPS) is 13.6. The smallest absolute Gasteiger partial charge is 0.250 e. The maximum atomic E-state index is 12.5. The molecule has 0 N–H and O–H groups in total. The highest BCUT2D eigenvalue weighted by molar-refractivity contribution is 7.11. The van der Waals surface area contributed by atoms with Crippen molar-refractivity contribution >= 4 is 22.9 Å². The third-order valence-corrected chi connectivity index (χ3v) is 5.41. The van der Waals surface area contributed by atoms with Crippen LogP contribution in [-0.2, 0) is 11.3 Å². The van der Waals surface area contributed by atoms with Crippen LogP contribution in [0, 0.1) is 6.92 Å². The predicted octanol–water partition coefficient (Wildman–Crippen LogP) is 3.02. The summed E-state index contributed by atoms with van der Waals surface area (Å²) in [6.45, 7) is 5.93. The number of hydrogen-bond acceptors (Lipinski definition) is 6. The number of hydrogen-bond donors (Lipinski definition) is 0. The Morgan fingerprint density at radius 1 is 1.46 bits per heavy atom. The lowest BCUT2D eigenvalue weighted by atomic mass is 10.2. The van der Waals surface area contributed by atoms with Crippen molar-refractivity contribution in [2.24, 2.45) is 0 Å². The van der Waals surface area contributed by atoms with Crippen LogP contribution < -0.4 is 4.90 Å². The van der Waals surface area contributed by atoms with E-state index in [4.69, 9.17) is 0 Å². The van der Waals surface area contributed by atoms with Gasteiger partial charge in [-0.15, -0.1) is 16.4 Å². The topological polar surface area (TPSA) is 76.8 Å². The molecule has 1 aliphatic rings. The van der Waals surface area contributed by atoms with E-state index in [1.807, 2.05) is 37.4 Å². The summed E-state index contributed by atoms with van der Waals surface area (Å²) in [6, 6.07) is 7.58. The molecular formula is C18H18N6OS. The van der Waals surface area contributed by atoms with Gasteiger partial charge in [0.1, 0.15) is 0 Å². The van der Waals surface area contributed by atoms with Gasteiger partial charge in [0.15, 0.2) is 5.82 Å². The zero-order valence-electron chi connectivity index (χ0n) is 14.4. The zero-order valence-corrected chi connectivity index (χ0v) is 15.2. The molecule has 3 aromatic rings. The molecule has 26 heavy (non-hydrogen) atoms. The number of thiazole rings is 1. The molecule has 2 aromatic heterocycles. The van der Waals surface area contributed by atoms with Crippen LogP contribution in [0.1, 0.15) is 34.5 Å². The summed E-state index contributed by atoms with van der Waals surface area (Å²) in [7, 11) is 0. The Bertz CT molecular complexity index is 958. The van der Waals surface area contributed by atoms with E-state index in [1.165, 1.54) is 23.9 Å². The second-order valence-electron chi connectivity index (χ2n) is 6.23. The first-order valence-electron chi connectivity index (χ1n) is 8.39. The second kappa shape index (κ2) is 6.80. The lowest BCUT2D eigenvalue weighted by molar-refractivity contribution is -0.114. The average molecular weight is 366 g/mol. The van der Waals surface area contributed by atoms with Crippen molar-refractivity contribution in [3.05, 3.63) is 58.8 Å². The summed E-state index contributed by atoms with van der Waals surface area (Å²) in [5, 5.41) is 12.7. The summed E-state index contributed by atoms with van der Waals surface area (Å²) < 4.78 is 1.64. The quantitative estimate of drug-likeness (QED) is 0.627. The first-order valence-corrected chi connectivity index (χ1v) is 9.21. The van der Waals surface area contributed by atoms with Crippen LogP contribution >= 0.6 is 11.3 Å². The molecule has 1 amide bonds. The third kappa shape index (κ3) is 3.28. The Morgan fingerprint density at radius 3 is 3.00 bits per heavy atom. The molecule has 132 valence electrons. The fraction of sp³-hybridized carbons (Fsp3) is 0.278. The number of benzene rings is 1. The SMILES string of the molecule is C=CC(=O)N(Cc1cnc(C2CC2)s1)c1cccc(-n2nnnc2C)c1. The van der Waals surface area contributed by atoms with Gasteiger partial charge in [0.2, 0.25) is 0 Å². The zero-order chi connectivity index (χ0) is 18.1. The molecule has 0 bridgehead atoms. The summed E-state index contributed by atoms with van der Waals surface area (Å²) in [5.41, 5.74) is 1.57. The van der Waals surface area contributed by atoms with E-state index in [2.05, 4.69) is 27.1 Å². The molecule has 1 aliphatic carbocycles. The minimum atomic E-state index is -0.156. The average Bonchev–Trinajstić information content (AvgIpc) is 3.25. The van der Waals surface area contributed by atoms with Crippen molar-refractivity contribution in [3.63, 3.8) is 0 Å². The van der Waals surface area contributed by atoms with Gasteiger partial charge < -0.3 is 4.90 Å². The van der Waals surface area contributed by atoms with E-state index in [0.29, 0.717) is 18.3 Å². The van der Waals surface area contributed by atoms with Crippen LogP contribution in [0.2, 0.25) is 0 Å². The Kier molecular flexibility index (Phi) is 4.34. The molecule has 1 aromatic carbocycles. The van der Waals surface area contributed by atoms with Gasteiger partial charge in [0, 0.05) is 22.7 Å². The van der Waals surface area contributed by atoms with Gasteiger partial charge in [0.05, 0.1) is 17.2 Å². The van der Waals surface area contributed by atoms with Gasteiger partial charge in [-0.2, -0.15) is 4.68 Å². The molecule has 1 fully saturated rings. The summed E-state index contributed by atoms with van der Waals surface area (Å²) >= 11 is 1.68. The van der Waals surface area contributed by atoms with Crippen LogP contribution in [0.5, 0.6) is 0 Å². The lowest BCUT2D eigenvalue weighted by Crippen LogP contribution is -2.28. The van der Waals surface area contributed by atoms with Crippen molar-refractivity contribution in [3.8, 4) is 5.69 Å². The Morgan fingerprint density at radius 2 is 2.31 bits per heavy atom. The molecule has 7 nitrogen and oxygen atoms in total. The van der Waals surface area contributed by atoms with Crippen LogP contribution in [0.4, 0.5) is 5.69 Å². The summed E-state index contributed by atoms with van der Waals surface area (Å²) in [4.78, 5) is 19.7. The first kappa shape index (κ1) is 16.6. The number of nitrogens with zero attached hydrogens (tertiary/aromatic N) is 6. The molecule has 4 rings (SSSR count). The molecule has 1 saturated carbocycles. The predicted molar refractivity (Wildman–Crippen MR) is 99.4 cm³/mol. The number of carbonyl (C=O) groups excluding carboxylic acids is 1. The Balaban J connectivity index is 1.64. The Hall–Kier alpha value is -2.87. The van der Waals surface area contributed by atoms with Gasteiger partial charge in [-0.25, -0.2) is 4.98 Å². The van der Waals surface area contributed by atoms with Crippen molar-refractivity contribution in [2.75, 3.05) is 4.90 Å². The molecule has 0 unspecified atom stereocenters. The minimum absolute atomic E-state index is 0.156. The van der Waals surface area contributed by atoms with Crippen LogP contribution in [0.25, 0.3) is 5.69 Å². The van der Waals surface area contributed by atoms with Gasteiger partial charge in [0.25, 0.3) is 5.91 Å². The van der Waals surface area contributed by atoms with Gasteiger partial charge in [-0.05, 0) is 54.5 Å². The van der Waals surface area contributed by atoms with Gasteiger partial charge in [-0.3, -0.25) is 4.79 Å². The van der Waals surface area contributed by atoms with Crippen molar-refractivity contribution in [1.82, 2.24) is 25.2 Å². The van der Waals surface area contributed by atoms with Crippen LogP contribution in [0.15, 0.2) is 43.1 Å². The fourth-order valence-electron chi connectivity index (χ4n) is 2.74. The number of aryl methyl sites for hydroxylation is 1. The van der Waals surface area contributed by atoms with Crippen molar-refractivity contribution in [2.45, 2.75) is 32.2 Å². The third-order valence-electron chi connectivity index (χ3n) is 4.26. The highest BCUT2D eigenvalue weighted by Gasteiger charge is 2.27. The van der Waals surface area contributed by atoms with E-state index in [-0.39, 0.29) is 5.91 Å². The fourth-order valence-corrected chi connectivity index (χ4v) is 3.82. The number of rotatable bonds is 6. The number of carbonyl (C=O) groups is 1. The molecule has 0 aliphatic heterocycles. The maximum absolute atomic E-state index is 12.5. The molecule has 2 heterocycles. The van der Waals surface area contributed by atoms with E-state index in [1.54, 1.807) is 20.9 Å². The largest absolute Gasteiger partial charge is 0.304 e. The maximum Gasteiger partial charge on any atom is 0.250 e. The Labute approximate surface area is 155 Å². The van der Waals surface area contributed by atoms with E-state index >= 15 is 0 Å². The molecule has 0 spiro atoms. The molecule has 0 saturated heterocycles. The monoisotopic (exact) mass is 366 g/mol. The number of anilines is 1. The van der Waals surface area contributed by atoms with E-state index in [9.17, 15) is 4.79 Å². The van der Waals surface area contributed by atoms with Gasteiger partial charge in [-0.1, -0.05) is 12.6 Å². The van der Waals surface area contributed by atoms with Crippen LogP contribution in [0.3, 0.4) is 0 Å². The highest BCUT2D eigenvalue weighted by Crippen LogP contribution is 2.42. The van der Waals surface area contributed by atoms with Gasteiger partial charge >= 0.3 is 0 Å². The molecular weight excluding hydrogens is 348 g/mol.